The van der Waals surface area contributed by atoms with E-state index in [-0.39, 0.29) is 12.9 Å². The van der Waals surface area contributed by atoms with Crippen molar-refractivity contribution >= 4 is 10.1 Å². The van der Waals surface area contributed by atoms with Crippen molar-refractivity contribution in [3.8, 4) is 0 Å². The Balaban J connectivity index is 3.54. The molecule has 0 aliphatic heterocycles. The second-order valence-electron chi connectivity index (χ2n) is 3.36. The number of hydrogen-bond donors (Lipinski definition) is 0. The highest BCUT2D eigenvalue weighted by molar-refractivity contribution is 7.85. The van der Waals surface area contributed by atoms with Gasteiger partial charge in [0.05, 0.1) is 12.9 Å². The molecule has 0 saturated carbocycles. The average Bonchev–Trinajstić information content (AvgIpc) is 2.16. The van der Waals surface area contributed by atoms with Crippen molar-refractivity contribution in [1.82, 2.24) is 0 Å². The zero-order valence-corrected chi connectivity index (χ0v) is 11.1. The van der Waals surface area contributed by atoms with E-state index in [0.29, 0.717) is 19.6 Å². The van der Waals surface area contributed by atoms with E-state index in [0.717, 1.165) is 19.1 Å². The molecule has 0 radical (unpaired) electrons. The summed E-state index contributed by atoms with van der Waals surface area (Å²) < 4.78 is 36.6. The standard InChI is InChI=1S/C10H22O5S/c1-4-13-10(14-5-2)8-6-7-9-15-16(3,11)12/h10H,4-9H2,1-3H3. The Hall–Kier alpha value is -0.170. The van der Waals surface area contributed by atoms with Gasteiger partial charge in [-0.2, -0.15) is 8.42 Å². The van der Waals surface area contributed by atoms with Crippen LogP contribution in [0.2, 0.25) is 0 Å². The van der Waals surface area contributed by atoms with Crippen LogP contribution in [0, 0.1) is 0 Å². The second-order valence-corrected chi connectivity index (χ2v) is 5.01. The Labute approximate surface area is 98.2 Å². The van der Waals surface area contributed by atoms with E-state index in [1.165, 1.54) is 0 Å². The number of unbranched alkanes of at least 4 members (excludes halogenated alkanes) is 1. The lowest BCUT2D eigenvalue weighted by atomic mass is 10.2. The monoisotopic (exact) mass is 254 g/mol. The van der Waals surface area contributed by atoms with E-state index < -0.39 is 10.1 Å². The van der Waals surface area contributed by atoms with Gasteiger partial charge < -0.3 is 9.47 Å². The SMILES string of the molecule is CCOC(CCCCOS(C)(=O)=O)OCC. The third kappa shape index (κ3) is 10.4. The molecule has 16 heavy (non-hydrogen) atoms. The molecule has 0 fully saturated rings. The lowest BCUT2D eigenvalue weighted by Gasteiger charge is -2.16. The molecule has 0 aliphatic rings. The zero-order valence-electron chi connectivity index (χ0n) is 10.3. The average molecular weight is 254 g/mol. The molecule has 0 unspecified atom stereocenters. The lowest BCUT2D eigenvalue weighted by molar-refractivity contribution is -0.140. The van der Waals surface area contributed by atoms with E-state index >= 15 is 0 Å². The minimum atomic E-state index is -3.31. The molecule has 0 bridgehead atoms. The topological polar surface area (TPSA) is 61.8 Å². The molecule has 0 N–H and O–H groups in total. The van der Waals surface area contributed by atoms with Crippen molar-refractivity contribution in [2.45, 2.75) is 39.4 Å². The van der Waals surface area contributed by atoms with Crippen molar-refractivity contribution in [1.29, 1.82) is 0 Å². The Morgan fingerprint density at radius 1 is 1.06 bits per heavy atom. The summed E-state index contributed by atoms with van der Waals surface area (Å²) >= 11 is 0. The van der Waals surface area contributed by atoms with E-state index in [9.17, 15) is 8.42 Å². The molecular formula is C10H22O5S. The molecule has 0 rings (SSSR count). The van der Waals surface area contributed by atoms with Gasteiger partial charge >= 0.3 is 0 Å². The van der Waals surface area contributed by atoms with Crippen LogP contribution in [0.1, 0.15) is 33.1 Å². The summed E-state index contributed by atoms with van der Waals surface area (Å²) in [5.41, 5.74) is 0. The van der Waals surface area contributed by atoms with Crippen LogP contribution in [-0.4, -0.2) is 40.8 Å². The maximum atomic E-state index is 10.7. The van der Waals surface area contributed by atoms with Gasteiger partial charge in [-0.05, 0) is 33.1 Å². The van der Waals surface area contributed by atoms with E-state index in [2.05, 4.69) is 4.18 Å². The molecule has 0 aromatic heterocycles. The van der Waals surface area contributed by atoms with Crippen molar-refractivity contribution in [3.63, 3.8) is 0 Å². The third-order valence-corrected chi connectivity index (χ3v) is 2.43. The van der Waals surface area contributed by atoms with Crippen molar-refractivity contribution in [3.05, 3.63) is 0 Å². The Morgan fingerprint density at radius 2 is 1.62 bits per heavy atom. The number of rotatable bonds is 10. The summed E-state index contributed by atoms with van der Waals surface area (Å²) in [7, 11) is -3.31. The van der Waals surface area contributed by atoms with Crippen LogP contribution in [0.15, 0.2) is 0 Å². The predicted molar refractivity (Wildman–Crippen MR) is 61.7 cm³/mol. The molecule has 6 heteroatoms. The first-order valence-corrected chi connectivity index (χ1v) is 7.38. The van der Waals surface area contributed by atoms with Gasteiger partial charge in [0, 0.05) is 13.2 Å². The summed E-state index contributed by atoms with van der Waals surface area (Å²) in [6.45, 7) is 5.29. The first kappa shape index (κ1) is 15.8. The van der Waals surface area contributed by atoms with Gasteiger partial charge in [0.2, 0.25) is 0 Å². The largest absolute Gasteiger partial charge is 0.353 e. The minimum absolute atomic E-state index is 0.187. The fraction of sp³-hybridized carbons (Fsp3) is 1.00. The molecule has 0 atom stereocenters. The smallest absolute Gasteiger partial charge is 0.264 e. The summed E-state index contributed by atoms with van der Waals surface area (Å²) in [6, 6.07) is 0. The molecule has 5 nitrogen and oxygen atoms in total. The number of hydrogen-bond acceptors (Lipinski definition) is 5. The van der Waals surface area contributed by atoms with Crippen molar-refractivity contribution in [2.75, 3.05) is 26.1 Å². The van der Waals surface area contributed by atoms with Gasteiger partial charge in [0.15, 0.2) is 6.29 Å². The Morgan fingerprint density at radius 3 is 2.06 bits per heavy atom. The summed E-state index contributed by atoms with van der Waals surface area (Å²) in [5, 5.41) is 0. The van der Waals surface area contributed by atoms with Crippen LogP contribution in [0.25, 0.3) is 0 Å². The molecule has 0 saturated heterocycles. The zero-order chi connectivity index (χ0) is 12.4. The van der Waals surface area contributed by atoms with Crippen LogP contribution in [0.4, 0.5) is 0 Å². The third-order valence-electron chi connectivity index (χ3n) is 1.84. The molecule has 98 valence electrons. The molecule has 0 aromatic carbocycles. The highest BCUT2D eigenvalue weighted by Crippen LogP contribution is 2.07. The van der Waals surface area contributed by atoms with Crippen LogP contribution >= 0.6 is 0 Å². The normalized spacial score (nSPS) is 12.2. The molecule has 0 heterocycles. The van der Waals surface area contributed by atoms with Gasteiger partial charge in [-0.15, -0.1) is 0 Å². The highest BCUT2D eigenvalue weighted by atomic mass is 32.2. The minimum Gasteiger partial charge on any atom is -0.353 e. The molecule has 0 amide bonds. The highest BCUT2D eigenvalue weighted by Gasteiger charge is 2.07. The fourth-order valence-corrected chi connectivity index (χ4v) is 1.63. The molecule has 0 spiro atoms. The van der Waals surface area contributed by atoms with Gasteiger partial charge in [0.25, 0.3) is 10.1 Å². The first-order chi connectivity index (χ1) is 7.49. The van der Waals surface area contributed by atoms with Crippen LogP contribution < -0.4 is 0 Å². The van der Waals surface area contributed by atoms with Crippen LogP contribution in [0.3, 0.4) is 0 Å². The van der Waals surface area contributed by atoms with Crippen molar-refractivity contribution in [2.24, 2.45) is 0 Å². The van der Waals surface area contributed by atoms with E-state index in [4.69, 9.17) is 9.47 Å². The molecular weight excluding hydrogens is 232 g/mol. The molecule has 0 aromatic rings. The maximum Gasteiger partial charge on any atom is 0.264 e. The van der Waals surface area contributed by atoms with Gasteiger partial charge in [-0.1, -0.05) is 0 Å². The number of ether oxygens (including phenoxy) is 2. The summed E-state index contributed by atoms with van der Waals surface area (Å²) in [6.07, 6.45) is 3.13. The van der Waals surface area contributed by atoms with E-state index in [1.807, 2.05) is 13.8 Å². The fourth-order valence-electron chi connectivity index (χ4n) is 1.21. The second kappa shape index (κ2) is 8.92. The van der Waals surface area contributed by atoms with Gasteiger partial charge in [0.1, 0.15) is 0 Å². The van der Waals surface area contributed by atoms with Gasteiger partial charge in [-0.3, -0.25) is 4.18 Å². The quantitative estimate of drug-likeness (QED) is 0.336. The lowest BCUT2D eigenvalue weighted by Crippen LogP contribution is -2.17. The van der Waals surface area contributed by atoms with Crippen LogP contribution in [0.5, 0.6) is 0 Å². The van der Waals surface area contributed by atoms with Gasteiger partial charge in [-0.25, -0.2) is 0 Å². The Bertz CT molecular complexity index is 244. The van der Waals surface area contributed by atoms with Crippen molar-refractivity contribution < 1.29 is 22.1 Å². The predicted octanol–water partition coefficient (Wildman–Crippen LogP) is 1.53. The summed E-state index contributed by atoms with van der Waals surface area (Å²) in [5.74, 6) is 0. The van der Waals surface area contributed by atoms with E-state index in [1.54, 1.807) is 0 Å². The maximum absolute atomic E-state index is 10.7. The van der Waals surface area contributed by atoms with Crippen LogP contribution in [-0.2, 0) is 23.8 Å². The summed E-state index contributed by atoms with van der Waals surface area (Å²) in [4.78, 5) is 0. The molecule has 0 aliphatic carbocycles. The first-order valence-electron chi connectivity index (χ1n) is 5.57. The Kier molecular flexibility index (Phi) is 8.83.